The van der Waals surface area contributed by atoms with Gasteiger partial charge in [-0.3, -0.25) is 9.59 Å². The first-order chi connectivity index (χ1) is 16.1. The van der Waals surface area contributed by atoms with Gasteiger partial charge in [0.15, 0.2) is 5.78 Å². The summed E-state index contributed by atoms with van der Waals surface area (Å²) < 4.78 is 5.48. The zero-order valence-corrected chi connectivity index (χ0v) is 22.5. The van der Waals surface area contributed by atoms with Gasteiger partial charge in [-0.1, -0.05) is 20.8 Å². The lowest BCUT2D eigenvalue weighted by Gasteiger charge is -2.60. The van der Waals surface area contributed by atoms with E-state index < -0.39 is 22.7 Å². The van der Waals surface area contributed by atoms with Crippen LogP contribution in [0.4, 0.5) is 0 Å². The average molecular weight is 491 g/mol. The van der Waals surface area contributed by atoms with Crippen molar-refractivity contribution in [3.63, 3.8) is 0 Å². The first-order valence-electron chi connectivity index (χ1n) is 13.7. The molecule has 198 valence electrons. The summed E-state index contributed by atoms with van der Waals surface area (Å²) >= 11 is 0. The Kier molecular flexibility index (Phi) is 6.86. The van der Waals surface area contributed by atoms with E-state index in [-0.39, 0.29) is 46.9 Å². The van der Waals surface area contributed by atoms with Crippen molar-refractivity contribution < 1.29 is 29.6 Å². The van der Waals surface area contributed by atoms with Crippen molar-refractivity contribution in [2.45, 2.75) is 123 Å². The molecule has 3 saturated carbocycles. The highest BCUT2D eigenvalue weighted by Crippen LogP contribution is 2.68. The largest absolute Gasteiger partial charge is 0.463 e. The van der Waals surface area contributed by atoms with Gasteiger partial charge in [-0.15, -0.1) is 0 Å². The van der Waals surface area contributed by atoms with Crippen LogP contribution >= 0.6 is 0 Å². The smallest absolute Gasteiger partial charge is 0.302 e. The van der Waals surface area contributed by atoms with Gasteiger partial charge in [0.25, 0.3) is 0 Å². The molecule has 6 nitrogen and oxygen atoms in total. The summed E-state index contributed by atoms with van der Waals surface area (Å²) in [7, 11) is 0. The molecule has 4 aliphatic rings. The molecule has 4 rings (SSSR count). The van der Waals surface area contributed by atoms with Crippen molar-refractivity contribution in [2.24, 2.45) is 34.5 Å². The lowest BCUT2D eigenvalue weighted by molar-refractivity contribution is -0.158. The second-order valence-corrected chi connectivity index (χ2v) is 13.4. The quantitative estimate of drug-likeness (QED) is 0.479. The van der Waals surface area contributed by atoms with Gasteiger partial charge >= 0.3 is 5.97 Å². The fourth-order valence-electron chi connectivity index (χ4n) is 8.56. The van der Waals surface area contributed by atoms with Crippen molar-refractivity contribution in [3.8, 4) is 0 Å². The van der Waals surface area contributed by atoms with Crippen LogP contribution in [0.1, 0.15) is 99.3 Å². The van der Waals surface area contributed by atoms with Crippen LogP contribution < -0.4 is 0 Å². The minimum atomic E-state index is -1.04. The van der Waals surface area contributed by atoms with E-state index in [0.29, 0.717) is 25.7 Å². The Balaban J connectivity index is 1.59. The maximum absolute atomic E-state index is 13.5. The topological polar surface area (TPSA) is 104 Å². The predicted octanol–water partition coefficient (Wildman–Crippen LogP) is 4.34. The van der Waals surface area contributed by atoms with Gasteiger partial charge in [-0.25, -0.2) is 0 Å². The summed E-state index contributed by atoms with van der Waals surface area (Å²) in [6, 6.07) is 0. The number of ketones is 1. The van der Waals surface area contributed by atoms with E-state index in [9.17, 15) is 24.9 Å². The fraction of sp³-hybridized carbons (Fsp3) is 0.862. The lowest BCUT2D eigenvalue weighted by atomic mass is 9.46. The third kappa shape index (κ3) is 4.42. The molecule has 3 fully saturated rings. The van der Waals surface area contributed by atoms with E-state index >= 15 is 0 Å². The molecular weight excluding hydrogens is 444 g/mol. The molecule has 4 aliphatic carbocycles. The number of carbonyl (C=O) groups excluding carboxylic acids is 2. The first-order valence-corrected chi connectivity index (χ1v) is 13.7. The second kappa shape index (κ2) is 8.95. The molecule has 0 bridgehead atoms. The molecule has 0 aliphatic heterocycles. The van der Waals surface area contributed by atoms with E-state index in [0.717, 1.165) is 37.7 Å². The summed E-state index contributed by atoms with van der Waals surface area (Å²) in [5, 5.41) is 33.4. The van der Waals surface area contributed by atoms with Gasteiger partial charge < -0.3 is 20.1 Å². The van der Waals surface area contributed by atoms with Crippen molar-refractivity contribution in [2.75, 3.05) is 0 Å². The SMILES string of the molecule is CC(=O)OC1CCC2(C)C(C1)C(=O)C=C1C2CCC2(C)C(C(C)C(O)CCC(C)(C)O)CCC12O. The van der Waals surface area contributed by atoms with Gasteiger partial charge in [0, 0.05) is 18.3 Å². The van der Waals surface area contributed by atoms with E-state index in [2.05, 4.69) is 20.8 Å². The lowest BCUT2D eigenvalue weighted by Crippen LogP contribution is -2.59. The van der Waals surface area contributed by atoms with Gasteiger partial charge in [-0.2, -0.15) is 0 Å². The Labute approximate surface area is 210 Å². The predicted molar refractivity (Wildman–Crippen MR) is 133 cm³/mol. The van der Waals surface area contributed by atoms with Crippen LogP contribution in [0.15, 0.2) is 11.6 Å². The maximum atomic E-state index is 13.5. The number of fused-ring (bicyclic) bond motifs is 5. The molecular formula is C29H46O6. The van der Waals surface area contributed by atoms with Crippen LogP contribution in [0, 0.1) is 34.5 Å². The number of carbonyl (C=O) groups is 2. The highest BCUT2D eigenvalue weighted by atomic mass is 16.5. The highest BCUT2D eigenvalue weighted by molar-refractivity contribution is 5.95. The van der Waals surface area contributed by atoms with E-state index in [4.69, 9.17) is 4.74 Å². The van der Waals surface area contributed by atoms with Crippen LogP contribution in [0.3, 0.4) is 0 Å². The molecule has 35 heavy (non-hydrogen) atoms. The van der Waals surface area contributed by atoms with E-state index in [1.54, 1.807) is 19.9 Å². The van der Waals surface area contributed by atoms with Gasteiger partial charge in [0.05, 0.1) is 17.3 Å². The Morgan fingerprint density at radius 3 is 2.49 bits per heavy atom. The molecule has 0 heterocycles. The van der Waals surface area contributed by atoms with Crippen LogP contribution in [0.25, 0.3) is 0 Å². The van der Waals surface area contributed by atoms with Gasteiger partial charge in [-0.05, 0) is 106 Å². The Bertz CT molecular complexity index is 888. The molecule has 3 N–H and O–H groups in total. The summed E-state index contributed by atoms with van der Waals surface area (Å²) in [6.07, 6.45) is 7.43. The zero-order valence-electron chi connectivity index (χ0n) is 22.5. The van der Waals surface area contributed by atoms with Crippen LogP contribution in [0.2, 0.25) is 0 Å². The monoisotopic (exact) mass is 490 g/mol. The second-order valence-electron chi connectivity index (χ2n) is 13.4. The first kappa shape index (κ1) is 26.8. The third-order valence-corrected chi connectivity index (χ3v) is 10.7. The molecule has 0 aromatic carbocycles. The number of allylic oxidation sites excluding steroid dienone is 1. The van der Waals surface area contributed by atoms with Crippen LogP contribution in [-0.2, 0) is 14.3 Å². The fourth-order valence-corrected chi connectivity index (χ4v) is 8.56. The summed E-state index contributed by atoms with van der Waals surface area (Å²) in [5.74, 6) is -0.119. The zero-order chi connectivity index (χ0) is 26.0. The van der Waals surface area contributed by atoms with E-state index in [1.165, 1.54) is 6.92 Å². The summed E-state index contributed by atoms with van der Waals surface area (Å²) in [5.41, 5.74) is -1.57. The minimum absolute atomic E-state index is 0.00433. The van der Waals surface area contributed by atoms with Crippen LogP contribution in [-0.4, -0.2) is 50.5 Å². The molecule has 0 aromatic rings. The third-order valence-electron chi connectivity index (χ3n) is 10.7. The molecule has 6 heteroatoms. The van der Waals surface area contributed by atoms with Crippen molar-refractivity contribution in [1.82, 2.24) is 0 Å². The van der Waals surface area contributed by atoms with Crippen molar-refractivity contribution >= 4 is 11.8 Å². The molecule has 0 aromatic heterocycles. The standard InChI is InChI=1S/C29H46O6/c1-17(24(31)10-11-26(3,4)33)20-9-14-29(34)22-16-25(32)23-15-19(35-18(2)30)7-12-27(23,5)21(22)8-13-28(20,29)6/h16-17,19-21,23-24,31,33-34H,7-15H2,1-6H3. The Morgan fingerprint density at radius 2 is 1.86 bits per heavy atom. The van der Waals surface area contributed by atoms with Crippen molar-refractivity contribution in [1.29, 1.82) is 0 Å². The normalized spacial score (nSPS) is 42.9. The maximum Gasteiger partial charge on any atom is 0.302 e. The molecule has 9 atom stereocenters. The number of hydrogen-bond donors (Lipinski definition) is 3. The molecule has 0 amide bonds. The number of rotatable bonds is 6. The average Bonchev–Trinajstić information content (AvgIpc) is 3.03. The number of hydrogen-bond acceptors (Lipinski definition) is 6. The minimum Gasteiger partial charge on any atom is -0.463 e. The summed E-state index contributed by atoms with van der Waals surface area (Å²) in [6.45, 7) is 11.4. The van der Waals surface area contributed by atoms with Gasteiger partial charge in [0.1, 0.15) is 6.10 Å². The van der Waals surface area contributed by atoms with E-state index in [1.807, 2.05) is 0 Å². The Hall–Kier alpha value is -1.24. The highest BCUT2D eigenvalue weighted by Gasteiger charge is 2.66. The number of esters is 1. The van der Waals surface area contributed by atoms with Crippen LogP contribution in [0.5, 0.6) is 0 Å². The Morgan fingerprint density at radius 1 is 1.17 bits per heavy atom. The molecule has 9 unspecified atom stereocenters. The van der Waals surface area contributed by atoms with Gasteiger partial charge in [0.2, 0.25) is 0 Å². The molecule has 0 radical (unpaired) electrons. The number of aliphatic hydroxyl groups excluding tert-OH is 1. The molecule has 0 spiro atoms. The van der Waals surface area contributed by atoms with Crippen molar-refractivity contribution in [3.05, 3.63) is 11.6 Å². The molecule has 0 saturated heterocycles. The number of aliphatic hydroxyl groups is 3. The summed E-state index contributed by atoms with van der Waals surface area (Å²) in [4.78, 5) is 25.0. The number of ether oxygens (including phenoxy) is 1.